The summed E-state index contributed by atoms with van der Waals surface area (Å²) in [4.78, 5) is 9.72. The Morgan fingerprint density at radius 1 is 1.00 bits per heavy atom. The Morgan fingerprint density at radius 3 is 2.36 bits per heavy atom. The number of hydrogen-bond donors (Lipinski definition) is 0. The van der Waals surface area contributed by atoms with Crippen molar-refractivity contribution in [2.45, 2.75) is 31.8 Å². The van der Waals surface area contributed by atoms with Gasteiger partial charge in [0, 0.05) is 23.8 Å². The number of ether oxygens (including phenoxy) is 1. The van der Waals surface area contributed by atoms with Gasteiger partial charge in [0.05, 0.1) is 11.7 Å². The van der Waals surface area contributed by atoms with Crippen LogP contribution in [0.1, 0.15) is 37.1 Å². The highest BCUT2D eigenvalue weighted by molar-refractivity contribution is 6.30. The summed E-state index contributed by atoms with van der Waals surface area (Å²) in [6, 6.07) is 25.0. The average molecular weight is 464 g/mol. The number of pyridine rings is 1. The Morgan fingerprint density at radius 2 is 1.70 bits per heavy atom. The van der Waals surface area contributed by atoms with Gasteiger partial charge in [-0.3, -0.25) is 14.8 Å². The summed E-state index contributed by atoms with van der Waals surface area (Å²) in [7, 11) is 2.23. The third-order valence-corrected chi connectivity index (χ3v) is 7.19. The number of hydrogen-bond acceptors (Lipinski definition) is 4. The molecule has 2 heterocycles. The van der Waals surface area contributed by atoms with E-state index in [1.54, 1.807) is 0 Å². The van der Waals surface area contributed by atoms with Crippen LogP contribution in [-0.2, 0) is 0 Å². The highest BCUT2D eigenvalue weighted by Gasteiger charge is 2.31. The van der Waals surface area contributed by atoms with Crippen molar-refractivity contribution in [3.63, 3.8) is 0 Å². The molecule has 0 amide bonds. The zero-order valence-corrected chi connectivity index (χ0v) is 20.4. The minimum absolute atomic E-state index is 0.107. The third-order valence-electron chi connectivity index (χ3n) is 6.94. The van der Waals surface area contributed by atoms with Gasteiger partial charge in [-0.05, 0) is 87.8 Å². The number of nitrogens with zero attached hydrogens (tertiary/aromatic N) is 3. The molecule has 1 fully saturated rings. The zero-order chi connectivity index (χ0) is 23.0. The Balaban J connectivity index is 1.35. The number of likely N-dealkylation sites (tertiary alicyclic amines) is 1. The van der Waals surface area contributed by atoms with Crippen molar-refractivity contribution in [2.75, 3.05) is 33.3 Å². The average Bonchev–Trinajstić information content (AvgIpc) is 2.86. The van der Waals surface area contributed by atoms with Crippen LogP contribution in [0.15, 0.2) is 79.0 Å². The first-order valence-electron chi connectivity index (χ1n) is 11.9. The highest BCUT2D eigenvalue weighted by atomic mass is 35.5. The minimum atomic E-state index is 0.107. The van der Waals surface area contributed by atoms with Gasteiger partial charge in [-0.25, -0.2) is 0 Å². The van der Waals surface area contributed by atoms with Crippen molar-refractivity contribution < 1.29 is 4.74 Å². The fourth-order valence-corrected chi connectivity index (χ4v) is 4.96. The smallest absolute Gasteiger partial charge is 0.119 e. The van der Waals surface area contributed by atoms with Gasteiger partial charge in [-0.2, -0.15) is 0 Å². The van der Waals surface area contributed by atoms with Crippen molar-refractivity contribution in [1.82, 2.24) is 14.8 Å². The molecule has 5 heteroatoms. The Hall–Kier alpha value is -2.40. The summed E-state index contributed by atoms with van der Waals surface area (Å²) in [6.07, 6.45) is 4.28. The molecule has 3 aromatic rings. The van der Waals surface area contributed by atoms with Gasteiger partial charge >= 0.3 is 0 Å². The molecule has 0 radical (unpaired) electrons. The van der Waals surface area contributed by atoms with Gasteiger partial charge in [0.25, 0.3) is 0 Å². The highest BCUT2D eigenvalue weighted by Crippen LogP contribution is 2.33. The van der Waals surface area contributed by atoms with Gasteiger partial charge in [0.2, 0.25) is 0 Å². The van der Waals surface area contributed by atoms with Crippen LogP contribution in [0.25, 0.3) is 0 Å². The molecule has 33 heavy (non-hydrogen) atoms. The number of rotatable bonds is 9. The largest absolute Gasteiger partial charge is 0.492 e. The lowest BCUT2D eigenvalue weighted by molar-refractivity contribution is 0.0881. The molecule has 1 aliphatic heterocycles. The summed E-state index contributed by atoms with van der Waals surface area (Å²) >= 11 is 6.17. The lowest BCUT2D eigenvalue weighted by atomic mass is 9.87. The zero-order valence-electron chi connectivity index (χ0n) is 19.6. The van der Waals surface area contributed by atoms with E-state index < -0.39 is 0 Å². The van der Waals surface area contributed by atoms with Crippen LogP contribution in [0.5, 0.6) is 5.75 Å². The molecule has 1 saturated heterocycles. The van der Waals surface area contributed by atoms with Crippen LogP contribution < -0.4 is 4.74 Å². The van der Waals surface area contributed by atoms with Crippen LogP contribution in [-0.4, -0.2) is 54.1 Å². The maximum atomic E-state index is 6.17. The van der Waals surface area contributed by atoms with Crippen LogP contribution in [0, 0.1) is 5.92 Å². The predicted octanol–water partition coefficient (Wildman–Crippen LogP) is 5.94. The fraction of sp³-hybridized carbons (Fsp3) is 0.393. The van der Waals surface area contributed by atoms with Crippen molar-refractivity contribution in [2.24, 2.45) is 5.92 Å². The van der Waals surface area contributed by atoms with Gasteiger partial charge in [0.15, 0.2) is 0 Å². The first-order valence-corrected chi connectivity index (χ1v) is 12.3. The van der Waals surface area contributed by atoms with Gasteiger partial charge < -0.3 is 4.74 Å². The summed E-state index contributed by atoms with van der Waals surface area (Å²) in [5, 5.41) is 0.762. The molecule has 0 aliphatic carbocycles. The molecule has 2 atom stereocenters. The monoisotopic (exact) mass is 463 g/mol. The summed E-state index contributed by atoms with van der Waals surface area (Å²) < 4.78 is 5.89. The van der Waals surface area contributed by atoms with E-state index in [4.69, 9.17) is 21.3 Å². The van der Waals surface area contributed by atoms with E-state index in [2.05, 4.69) is 48.0 Å². The lowest BCUT2D eigenvalue weighted by Gasteiger charge is -2.41. The molecular formula is C28H34ClN3O. The molecule has 174 valence electrons. The fourth-order valence-electron chi connectivity index (χ4n) is 4.83. The Kier molecular flexibility index (Phi) is 8.38. The second-order valence-electron chi connectivity index (χ2n) is 8.96. The first kappa shape index (κ1) is 23.7. The predicted molar refractivity (Wildman–Crippen MR) is 136 cm³/mol. The maximum absolute atomic E-state index is 6.17. The molecule has 0 N–H and O–H groups in total. The van der Waals surface area contributed by atoms with Crippen LogP contribution in [0.3, 0.4) is 0 Å². The molecule has 2 aromatic carbocycles. The topological polar surface area (TPSA) is 28.6 Å². The lowest BCUT2D eigenvalue weighted by Crippen LogP contribution is -2.45. The van der Waals surface area contributed by atoms with E-state index in [1.165, 1.54) is 18.4 Å². The second-order valence-corrected chi connectivity index (χ2v) is 9.39. The summed E-state index contributed by atoms with van der Waals surface area (Å²) in [5.41, 5.74) is 2.30. The molecule has 4 rings (SSSR count). The van der Waals surface area contributed by atoms with Crippen LogP contribution in [0.2, 0.25) is 5.02 Å². The van der Waals surface area contributed by atoms with Gasteiger partial charge in [-0.15, -0.1) is 0 Å². The van der Waals surface area contributed by atoms with Gasteiger partial charge in [-0.1, -0.05) is 48.0 Å². The van der Waals surface area contributed by atoms with Crippen LogP contribution in [0.4, 0.5) is 0 Å². The molecule has 1 aromatic heterocycles. The molecule has 1 aliphatic rings. The van der Waals surface area contributed by atoms with E-state index in [-0.39, 0.29) is 6.04 Å². The number of benzene rings is 2. The second kappa shape index (κ2) is 11.6. The van der Waals surface area contributed by atoms with E-state index >= 15 is 0 Å². The summed E-state index contributed by atoms with van der Waals surface area (Å²) in [6.45, 7) is 6.33. The number of aromatic nitrogens is 1. The molecular weight excluding hydrogens is 430 g/mol. The van der Waals surface area contributed by atoms with E-state index in [9.17, 15) is 0 Å². The molecule has 1 unspecified atom stereocenters. The van der Waals surface area contributed by atoms with Gasteiger partial charge in [0.1, 0.15) is 12.4 Å². The molecule has 4 nitrogen and oxygen atoms in total. The first-order chi connectivity index (χ1) is 16.1. The molecule has 0 saturated carbocycles. The van der Waals surface area contributed by atoms with Crippen molar-refractivity contribution in [3.05, 3.63) is 95.3 Å². The standard InChI is InChI=1S/C28H34ClN3O/c1-22(23-15-18-32(19-16-23)20-21-33-26-8-4-3-5-9-26)31(2)28(27-10-6-7-17-30-27)24-11-13-25(29)14-12-24/h3-14,17,22-23,28H,15-16,18-21H2,1-2H3/t22-,28?/m0/s1. The number of para-hydroxylation sites is 1. The van der Waals surface area contributed by atoms with E-state index in [1.807, 2.05) is 54.7 Å². The maximum Gasteiger partial charge on any atom is 0.119 e. The third kappa shape index (κ3) is 6.35. The van der Waals surface area contributed by atoms with E-state index in [0.717, 1.165) is 42.7 Å². The Labute approximate surface area is 203 Å². The van der Waals surface area contributed by atoms with Crippen molar-refractivity contribution >= 4 is 11.6 Å². The number of piperidine rings is 1. The molecule has 0 spiro atoms. The summed E-state index contributed by atoms with van der Waals surface area (Å²) in [5.74, 6) is 1.60. The van der Waals surface area contributed by atoms with Crippen LogP contribution >= 0.6 is 11.6 Å². The SMILES string of the molecule is C[C@@H](C1CCN(CCOc2ccccc2)CC1)N(C)C(c1ccc(Cl)cc1)c1ccccn1. The van der Waals surface area contributed by atoms with Crippen molar-refractivity contribution in [3.8, 4) is 5.75 Å². The minimum Gasteiger partial charge on any atom is -0.492 e. The normalized spacial score (nSPS) is 17.1. The Bertz CT molecular complexity index is 959. The van der Waals surface area contributed by atoms with E-state index in [0.29, 0.717) is 12.0 Å². The number of halogens is 1. The van der Waals surface area contributed by atoms with Crippen molar-refractivity contribution in [1.29, 1.82) is 0 Å². The molecule has 0 bridgehead atoms. The quantitative estimate of drug-likeness (QED) is 0.393.